The molecule has 0 N–H and O–H groups in total. The van der Waals surface area contributed by atoms with E-state index < -0.39 is 15.9 Å². The molecule has 5 nitrogen and oxygen atoms in total. The van der Waals surface area contributed by atoms with Gasteiger partial charge in [-0.1, -0.05) is 41.4 Å². The fourth-order valence-corrected chi connectivity index (χ4v) is 6.26. The van der Waals surface area contributed by atoms with Gasteiger partial charge in [0.15, 0.2) is 9.84 Å². The van der Waals surface area contributed by atoms with E-state index in [2.05, 4.69) is 0 Å². The summed E-state index contributed by atoms with van der Waals surface area (Å²) in [7, 11) is -3.26. The number of fused-ring (bicyclic) bond motifs is 1. The van der Waals surface area contributed by atoms with Crippen LogP contribution in [-0.2, 0) is 14.6 Å². The van der Waals surface area contributed by atoms with Crippen molar-refractivity contribution in [2.24, 2.45) is 0 Å². The lowest BCUT2D eigenvalue weighted by atomic mass is 10.0. The van der Waals surface area contributed by atoms with Crippen molar-refractivity contribution in [1.82, 2.24) is 0 Å². The number of para-hydroxylation sites is 1. The second-order valence-electron chi connectivity index (χ2n) is 6.57. The largest absolute Gasteiger partial charge is 0.356 e. The molecular weight excluding hydrogens is 395 g/mol. The van der Waals surface area contributed by atoms with Gasteiger partial charge in [0, 0.05) is 21.4 Å². The van der Waals surface area contributed by atoms with E-state index in [-0.39, 0.29) is 30.0 Å². The Kier molecular flexibility index (Phi) is 4.37. The number of anilines is 2. The molecule has 4 rings (SSSR count). The number of halogens is 2. The number of hydrogen-bond donors (Lipinski definition) is 0. The maximum absolute atomic E-state index is 13.0. The van der Waals surface area contributed by atoms with Gasteiger partial charge in [0.1, 0.15) is 0 Å². The molecule has 0 aliphatic carbocycles. The Balaban J connectivity index is 1.78. The number of hydrogen-bond acceptors (Lipinski definition) is 4. The number of sulfone groups is 1. The Morgan fingerprint density at radius 1 is 0.885 bits per heavy atom. The van der Waals surface area contributed by atoms with E-state index in [1.165, 1.54) is 0 Å². The molecule has 0 bridgehead atoms. The number of nitrogens with zero attached hydrogens (tertiary/aromatic N) is 2. The van der Waals surface area contributed by atoms with Gasteiger partial charge in [0.25, 0.3) is 0 Å². The zero-order valence-electron chi connectivity index (χ0n) is 13.7. The molecule has 2 aliphatic heterocycles. The van der Waals surface area contributed by atoms with Gasteiger partial charge < -0.3 is 9.80 Å². The molecule has 2 saturated heterocycles. The summed E-state index contributed by atoms with van der Waals surface area (Å²) in [4.78, 5) is 16.4. The monoisotopic (exact) mass is 410 g/mol. The highest BCUT2D eigenvalue weighted by atomic mass is 35.5. The molecule has 8 heteroatoms. The Hall–Kier alpha value is -1.76. The third-order valence-corrected chi connectivity index (χ3v) is 6.95. The minimum Gasteiger partial charge on any atom is -0.356 e. The lowest BCUT2D eigenvalue weighted by Crippen LogP contribution is -2.62. The second-order valence-corrected chi connectivity index (χ2v) is 9.59. The lowest BCUT2D eigenvalue weighted by Gasteiger charge is -2.44. The Bertz CT molecular complexity index is 945. The van der Waals surface area contributed by atoms with Crippen LogP contribution >= 0.6 is 23.2 Å². The predicted octanol–water partition coefficient (Wildman–Crippen LogP) is 3.01. The summed E-state index contributed by atoms with van der Waals surface area (Å²) in [6, 6.07) is 13.5. The molecule has 1 amide bonds. The van der Waals surface area contributed by atoms with Crippen molar-refractivity contribution in [1.29, 1.82) is 0 Å². The first kappa shape index (κ1) is 17.6. The van der Waals surface area contributed by atoms with Gasteiger partial charge in [-0.25, -0.2) is 8.42 Å². The first-order valence-corrected chi connectivity index (χ1v) is 10.7. The van der Waals surface area contributed by atoms with Crippen LogP contribution in [0.4, 0.5) is 11.4 Å². The van der Waals surface area contributed by atoms with Crippen LogP contribution in [-0.4, -0.2) is 44.5 Å². The van der Waals surface area contributed by atoms with Crippen LogP contribution in [0.15, 0.2) is 48.5 Å². The summed E-state index contributed by atoms with van der Waals surface area (Å²) in [5, 5.41) is 0.811. The summed E-state index contributed by atoms with van der Waals surface area (Å²) in [6.45, 7) is 0.102. The Morgan fingerprint density at radius 3 is 2.15 bits per heavy atom. The van der Waals surface area contributed by atoms with Gasteiger partial charge in [-0.05, 0) is 30.3 Å². The summed E-state index contributed by atoms with van der Waals surface area (Å²) in [5.74, 6) is -0.229. The average molecular weight is 411 g/mol. The van der Waals surface area contributed by atoms with Crippen molar-refractivity contribution in [3.05, 3.63) is 58.6 Å². The third kappa shape index (κ3) is 3.17. The summed E-state index contributed by atoms with van der Waals surface area (Å²) in [5.41, 5.74) is 1.38. The number of piperazine rings is 1. The molecule has 0 saturated carbocycles. The van der Waals surface area contributed by atoms with Crippen LogP contribution in [0.5, 0.6) is 0 Å². The molecule has 2 fully saturated rings. The fraction of sp³-hybridized carbons (Fsp3) is 0.278. The highest BCUT2D eigenvalue weighted by molar-refractivity contribution is 7.91. The molecule has 26 heavy (non-hydrogen) atoms. The molecule has 2 atom stereocenters. The zero-order valence-corrected chi connectivity index (χ0v) is 16.0. The maximum atomic E-state index is 13.0. The zero-order chi connectivity index (χ0) is 18.5. The smallest absolute Gasteiger partial charge is 0.246 e. The quantitative estimate of drug-likeness (QED) is 0.763. The molecule has 2 aliphatic rings. The summed E-state index contributed by atoms with van der Waals surface area (Å²) < 4.78 is 24.7. The Labute approximate surface area is 162 Å². The van der Waals surface area contributed by atoms with Gasteiger partial charge in [-0.2, -0.15) is 0 Å². The van der Waals surface area contributed by atoms with Crippen LogP contribution in [0.25, 0.3) is 0 Å². The van der Waals surface area contributed by atoms with Crippen LogP contribution < -0.4 is 9.80 Å². The second kappa shape index (κ2) is 6.44. The van der Waals surface area contributed by atoms with Gasteiger partial charge >= 0.3 is 0 Å². The maximum Gasteiger partial charge on any atom is 0.246 e. The van der Waals surface area contributed by atoms with E-state index in [1.807, 2.05) is 35.2 Å². The molecule has 2 heterocycles. The van der Waals surface area contributed by atoms with Crippen molar-refractivity contribution < 1.29 is 13.2 Å². The van der Waals surface area contributed by atoms with Crippen LogP contribution in [0.2, 0.25) is 10.0 Å². The molecular formula is C18H16Cl2N2O3S. The van der Waals surface area contributed by atoms with E-state index in [0.29, 0.717) is 15.7 Å². The van der Waals surface area contributed by atoms with Crippen molar-refractivity contribution in [2.75, 3.05) is 27.9 Å². The van der Waals surface area contributed by atoms with Crippen LogP contribution in [0, 0.1) is 0 Å². The average Bonchev–Trinajstić information content (AvgIpc) is 2.88. The SMILES string of the molecule is O=C1CN(c2ccccc2)C2CS(=O)(=O)CC2N1c1cc(Cl)cc(Cl)c1. The number of carbonyl (C=O) groups is 1. The standard InChI is InChI=1S/C18H16Cl2N2O3S/c19-12-6-13(20)8-15(7-12)22-17-11-26(24,25)10-16(17)21(9-18(22)23)14-4-2-1-3-5-14/h1-8,16-17H,9-11H2. The number of amides is 1. The lowest BCUT2D eigenvalue weighted by molar-refractivity contribution is -0.118. The number of rotatable bonds is 2. The van der Waals surface area contributed by atoms with E-state index in [4.69, 9.17) is 23.2 Å². The predicted molar refractivity (Wildman–Crippen MR) is 104 cm³/mol. The van der Waals surface area contributed by atoms with E-state index in [1.54, 1.807) is 23.1 Å². The summed E-state index contributed by atoms with van der Waals surface area (Å²) >= 11 is 12.2. The topological polar surface area (TPSA) is 57.7 Å². The molecule has 0 aromatic heterocycles. The molecule has 2 unspecified atom stereocenters. The molecule has 136 valence electrons. The van der Waals surface area contributed by atoms with Crippen molar-refractivity contribution >= 4 is 50.3 Å². The molecule has 0 spiro atoms. The normalized spacial score (nSPS) is 24.6. The van der Waals surface area contributed by atoms with Gasteiger partial charge in [-0.15, -0.1) is 0 Å². The molecule has 2 aromatic rings. The van der Waals surface area contributed by atoms with Gasteiger partial charge in [0.2, 0.25) is 5.91 Å². The van der Waals surface area contributed by atoms with Crippen molar-refractivity contribution in [2.45, 2.75) is 12.1 Å². The first-order chi connectivity index (χ1) is 12.3. The minimum atomic E-state index is -3.26. The molecule has 2 aromatic carbocycles. The van der Waals surface area contributed by atoms with Crippen LogP contribution in [0.3, 0.4) is 0 Å². The van der Waals surface area contributed by atoms with Crippen LogP contribution in [0.1, 0.15) is 0 Å². The van der Waals surface area contributed by atoms with Crippen molar-refractivity contribution in [3.8, 4) is 0 Å². The molecule has 0 radical (unpaired) electrons. The van der Waals surface area contributed by atoms with Gasteiger partial charge in [0.05, 0.1) is 30.1 Å². The van der Waals surface area contributed by atoms with Gasteiger partial charge in [-0.3, -0.25) is 4.79 Å². The van der Waals surface area contributed by atoms with E-state index in [0.717, 1.165) is 5.69 Å². The minimum absolute atomic E-state index is 0.0185. The summed E-state index contributed by atoms with van der Waals surface area (Å²) in [6.07, 6.45) is 0. The highest BCUT2D eigenvalue weighted by Crippen LogP contribution is 2.36. The number of benzene rings is 2. The fourth-order valence-electron chi connectivity index (χ4n) is 3.80. The highest BCUT2D eigenvalue weighted by Gasteiger charge is 2.50. The van der Waals surface area contributed by atoms with E-state index in [9.17, 15) is 13.2 Å². The third-order valence-electron chi connectivity index (χ3n) is 4.81. The Morgan fingerprint density at radius 2 is 1.50 bits per heavy atom. The van der Waals surface area contributed by atoms with Crippen molar-refractivity contribution in [3.63, 3.8) is 0 Å². The number of carbonyl (C=O) groups excluding carboxylic acids is 1. The van der Waals surface area contributed by atoms with E-state index >= 15 is 0 Å². The first-order valence-electron chi connectivity index (χ1n) is 8.14.